The molecule has 0 amide bonds. The van der Waals surface area contributed by atoms with Gasteiger partial charge in [0.1, 0.15) is 0 Å². The van der Waals surface area contributed by atoms with Crippen molar-refractivity contribution in [1.82, 2.24) is 18.5 Å². The van der Waals surface area contributed by atoms with E-state index in [4.69, 9.17) is 0 Å². The van der Waals surface area contributed by atoms with Crippen molar-refractivity contribution in [2.45, 2.75) is 30.8 Å². The smallest absolute Gasteiger partial charge is 0.279 e. The summed E-state index contributed by atoms with van der Waals surface area (Å²) in [5.41, 5.74) is 4.05. The molecule has 1 aliphatic heterocycles. The zero-order chi connectivity index (χ0) is 17.9. The number of aromatic nitrogens is 1. The second-order valence-electron chi connectivity index (χ2n) is 7.44. The van der Waals surface area contributed by atoms with Gasteiger partial charge in [0, 0.05) is 62.8 Å². The Morgan fingerprint density at radius 2 is 2.04 bits per heavy atom. The van der Waals surface area contributed by atoms with E-state index in [0.717, 1.165) is 19.4 Å². The molecule has 1 saturated heterocycles. The van der Waals surface area contributed by atoms with Gasteiger partial charge in [0.15, 0.2) is 0 Å². The van der Waals surface area contributed by atoms with Crippen LogP contribution in [-0.4, -0.2) is 62.0 Å². The number of hydrogen-bond donors (Lipinski definition) is 1. The lowest BCUT2D eigenvalue weighted by Crippen LogP contribution is -2.56. The van der Waals surface area contributed by atoms with Crippen molar-refractivity contribution in [1.29, 1.82) is 0 Å². The molecular weight excluding hydrogens is 336 g/mol. The zero-order valence-corrected chi connectivity index (χ0v) is 16.0. The van der Waals surface area contributed by atoms with E-state index >= 15 is 0 Å². The molecule has 0 bridgehead atoms. The van der Waals surface area contributed by atoms with E-state index in [2.05, 4.69) is 52.7 Å². The Morgan fingerprint density at radius 1 is 1.28 bits per heavy atom. The van der Waals surface area contributed by atoms with Gasteiger partial charge in [0.25, 0.3) is 10.2 Å². The second kappa shape index (κ2) is 5.81. The number of hydrogen-bond acceptors (Lipinski definition) is 3. The van der Waals surface area contributed by atoms with Crippen molar-refractivity contribution in [3.8, 4) is 0 Å². The maximum Gasteiger partial charge on any atom is 0.279 e. The number of piperidine rings is 1. The normalized spacial score (nSPS) is 27.0. The Hall–Kier alpha value is -1.41. The molecule has 0 unspecified atom stereocenters. The first-order valence-corrected chi connectivity index (χ1v) is 10.2. The van der Waals surface area contributed by atoms with Gasteiger partial charge >= 0.3 is 0 Å². The second-order valence-corrected chi connectivity index (χ2v) is 9.37. The third-order valence-corrected chi connectivity index (χ3v) is 7.73. The molecule has 25 heavy (non-hydrogen) atoms. The molecule has 1 aliphatic carbocycles. The number of rotatable bonds is 3. The van der Waals surface area contributed by atoms with Crippen LogP contribution in [0.2, 0.25) is 0 Å². The number of likely N-dealkylation sites (tertiary alicyclic amines) is 1. The van der Waals surface area contributed by atoms with E-state index in [0.29, 0.717) is 12.0 Å². The molecule has 1 fully saturated rings. The van der Waals surface area contributed by atoms with Crippen molar-refractivity contribution >= 4 is 21.1 Å². The minimum Gasteiger partial charge on any atom is -0.350 e. The van der Waals surface area contributed by atoms with Crippen LogP contribution in [0.5, 0.6) is 0 Å². The molecule has 2 heterocycles. The summed E-state index contributed by atoms with van der Waals surface area (Å²) in [4.78, 5) is 2.34. The minimum absolute atomic E-state index is 0.0239. The first-order chi connectivity index (χ1) is 11.8. The van der Waals surface area contributed by atoms with Crippen molar-refractivity contribution in [2.75, 3.05) is 27.7 Å². The molecule has 2 aliphatic rings. The van der Waals surface area contributed by atoms with E-state index < -0.39 is 10.2 Å². The summed E-state index contributed by atoms with van der Waals surface area (Å²) in [5, 5.41) is 1.37. The van der Waals surface area contributed by atoms with E-state index in [9.17, 15) is 8.42 Å². The molecule has 0 spiro atoms. The van der Waals surface area contributed by atoms with Gasteiger partial charge in [-0.05, 0) is 37.1 Å². The summed E-state index contributed by atoms with van der Waals surface area (Å²) in [6, 6.07) is 6.93. The third-order valence-electron chi connectivity index (χ3n) is 6.16. The van der Waals surface area contributed by atoms with Gasteiger partial charge in [-0.15, -0.1) is 0 Å². The van der Waals surface area contributed by atoms with Crippen LogP contribution in [-0.2, 0) is 23.7 Å². The number of nitrogens with one attached hydrogen (secondary N) is 1. The Labute approximate surface area is 149 Å². The van der Waals surface area contributed by atoms with Crippen LogP contribution in [0, 0.1) is 0 Å². The summed E-state index contributed by atoms with van der Waals surface area (Å²) in [6.45, 7) is 0.761. The molecule has 0 saturated carbocycles. The van der Waals surface area contributed by atoms with Gasteiger partial charge in [-0.1, -0.05) is 12.1 Å². The fraction of sp³-hybridized carbons (Fsp3) is 0.556. The molecule has 4 rings (SSSR count). The number of fused-ring (bicyclic) bond motifs is 2. The maximum absolute atomic E-state index is 12.3. The van der Waals surface area contributed by atoms with Gasteiger partial charge in [-0.25, -0.2) is 4.72 Å². The average Bonchev–Trinajstić information content (AvgIpc) is 2.92. The minimum atomic E-state index is -3.41. The highest BCUT2D eigenvalue weighted by Gasteiger charge is 2.42. The molecule has 7 heteroatoms. The molecule has 136 valence electrons. The first kappa shape index (κ1) is 17.0. The van der Waals surface area contributed by atoms with Crippen molar-refractivity contribution in [3.63, 3.8) is 0 Å². The topological polar surface area (TPSA) is 57.6 Å². The molecule has 3 atom stereocenters. The zero-order valence-electron chi connectivity index (χ0n) is 15.2. The Kier molecular flexibility index (Phi) is 3.95. The number of benzene rings is 1. The SMILES string of the molecule is CNS(=O)(=O)N(C)[C@H]1C[C@@H]2c3cccc4c3c(cn4C)C[C@H]2N(C)C1. The highest BCUT2D eigenvalue weighted by Crippen LogP contribution is 2.44. The number of nitrogens with zero attached hydrogens (tertiary/aromatic N) is 3. The summed E-state index contributed by atoms with van der Waals surface area (Å²) >= 11 is 0. The highest BCUT2D eigenvalue weighted by atomic mass is 32.2. The summed E-state index contributed by atoms with van der Waals surface area (Å²) < 4.78 is 30.7. The summed E-state index contributed by atoms with van der Waals surface area (Å²) in [7, 11) is 3.96. The monoisotopic (exact) mass is 362 g/mol. The van der Waals surface area contributed by atoms with Crippen LogP contribution in [0.4, 0.5) is 0 Å². The van der Waals surface area contributed by atoms with E-state index in [1.165, 1.54) is 33.4 Å². The summed E-state index contributed by atoms with van der Waals surface area (Å²) in [5.74, 6) is 0.358. The Morgan fingerprint density at radius 3 is 2.76 bits per heavy atom. The van der Waals surface area contributed by atoms with Gasteiger partial charge < -0.3 is 9.47 Å². The van der Waals surface area contributed by atoms with Crippen molar-refractivity contribution in [2.24, 2.45) is 7.05 Å². The number of likely N-dealkylation sites (N-methyl/N-ethyl adjacent to an activating group) is 2. The lowest BCUT2D eigenvalue weighted by molar-refractivity contribution is 0.104. The third kappa shape index (κ3) is 2.52. The van der Waals surface area contributed by atoms with Gasteiger partial charge in [-0.2, -0.15) is 12.7 Å². The molecular formula is C18H26N4O2S. The van der Waals surface area contributed by atoms with Crippen molar-refractivity contribution < 1.29 is 8.42 Å². The van der Waals surface area contributed by atoms with Gasteiger partial charge in [0.2, 0.25) is 0 Å². The van der Waals surface area contributed by atoms with Crippen LogP contribution < -0.4 is 4.72 Å². The fourth-order valence-electron chi connectivity index (χ4n) is 4.79. The van der Waals surface area contributed by atoms with Gasteiger partial charge in [0.05, 0.1) is 0 Å². The van der Waals surface area contributed by atoms with Crippen LogP contribution in [0.3, 0.4) is 0 Å². The maximum atomic E-state index is 12.3. The molecule has 2 aromatic rings. The molecule has 1 aromatic carbocycles. The van der Waals surface area contributed by atoms with Crippen molar-refractivity contribution in [3.05, 3.63) is 35.5 Å². The van der Waals surface area contributed by atoms with E-state index in [1.807, 2.05) is 0 Å². The highest BCUT2D eigenvalue weighted by molar-refractivity contribution is 7.87. The molecule has 1 aromatic heterocycles. The van der Waals surface area contributed by atoms with E-state index in [1.54, 1.807) is 7.05 Å². The fourth-order valence-corrected chi connectivity index (χ4v) is 5.63. The Bertz CT molecular complexity index is 921. The summed E-state index contributed by atoms with van der Waals surface area (Å²) in [6.07, 6.45) is 4.15. The van der Waals surface area contributed by atoms with Crippen LogP contribution in [0.25, 0.3) is 10.9 Å². The van der Waals surface area contributed by atoms with Crippen LogP contribution in [0.1, 0.15) is 23.5 Å². The lowest BCUT2D eigenvalue weighted by atomic mass is 9.74. The predicted molar refractivity (Wildman–Crippen MR) is 99.9 cm³/mol. The Balaban J connectivity index is 1.76. The molecule has 0 radical (unpaired) electrons. The first-order valence-electron chi connectivity index (χ1n) is 8.77. The van der Waals surface area contributed by atoms with E-state index in [-0.39, 0.29) is 6.04 Å². The molecule has 6 nitrogen and oxygen atoms in total. The lowest BCUT2D eigenvalue weighted by Gasteiger charge is -2.47. The average molecular weight is 362 g/mol. The molecule has 1 N–H and O–H groups in total. The van der Waals surface area contributed by atoms with Crippen LogP contribution in [0.15, 0.2) is 24.4 Å². The number of aryl methyl sites for hydroxylation is 1. The quantitative estimate of drug-likeness (QED) is 0.895. The standard InChI is InChI=1S/C18H26N4O2S/c1-19-25(23,24)22(4)13-9-15-14-6-5-7-16-18(14)12(10-20(16)2)8-17(15)21(3)11-13/h5-7,10,13,15,17,19H,8-9,11H2,1-4H3/t13-,15+,17+/m0/s1. The predicted octanol–water partition coefficient (Wildman–Crippen LogP) is 1.29. The largest absolute Gasteiger partial charge is 0.350 e. The van der Waals surface area contributed by atoms with Crippen LogP contribution >= 0.6 is 0 Å². The van der Waals surface area contributed by atoms with Gasteiger partial charge in [-0.3, -0.25) is 0 Å².